The molecule has 0 unspecified atom stereocenters. The Kier molecular flexibility index (Phi) is 4.81. The van der Waals surface area contributed by atoms with Crippen molar-refractivity contribution < 1.29 is 4.79 Å². The fraction of sp³-hybridized carbons (Fsp3) is 0.211. The lowest BCUT2D eigenvalue weighted by molar-refractivity contribution is 0.0773. The minimum absolute atomic E-state index is 0.0596. The van der Waals surface area contributed by atoms with Gasteiger partial charge in [-0.05, 0) is 56.4 Å². The first-order valence-electron chi connectivity index (χ1n) is 8.20. The first-order valence-corrected chi connectivity index (χ1v) is 8.61. The van der Waals surface area contributed by atoms with Crippen molar-refractivity contribution in [2.45, 2.75) is 13.8 Å². The second-order valence-electron chi connectivity index (χ2n) is 5.64. The van der Waals surface area contributed by atoms with E-state index in [0.29, 0.717) is 40.0 Å². The van der Waals surface area contributed by atoms with Gasteiger partial charge in [0.2, 0.25) is 0 Å². The number of benzene rings is 2. The second-order valence-corrected chi connectivity index (χ2v) is 6.03. The number of hydrogen-bond donors (Lipinski definition) is 1. The number of amides is 1. The zero-order valence-electron chi connectivity index (χ0n) is 14.2. The Morgan fingerprint density at radius 3 is 2.56 bits per heavy atom. The van der Waals surface area contributed by atoms with Gasteiger partial charge >= 0.3 is 0 Å². The maximum Gasteiger partial charge on any atom is 0.266 e. The first-order chi connectivity index (χ1) is 12.1. The standard InChI is InChI=1S/C19H19N3O2S/c1-3-21(4-2)17(23)13-8-7-9-14(12-13)22-18(24)15-10-5-6-11-16(15)20-19(22)25/h5-12H,3-4H2,1-2H3,(H,20,25). The molecule has 0 spiro atoms. The molecule has 2 aromatic carbocycles. The van der Waals surface area contributed by atoms with Gasteiger partial charge in [0, 0.05) is 18.7 Å². The molecular formula is C19H19N3O2S. The number of nitrogens with one attached hydrogen (secondary N) is 1. The summed E-state index contributed by atoms with van der Waals surface area (Å²) in [5, 5.41) is 0.552. The van der Waals surface area contributed by atoms with Gasteiger partial charge in [-0.1, -0.05) is 18.2 Å². The largest absolute Gasteiger partial charge is 0.339 e. The summed E-state index contributed by atoms with van der Waals surface area (Å²) in [5.41, 5.74) is 1.61. The van der Waals surface area contributed by atoms with Crippen LogP contribution in [-0.2, 0) is 0 Å². The maximum atomic E-state index is 12.9. The van der Waals surface area contributed by atoms with Crippen molar-refractivity contribution in [2.24, 2.45) is 0 Å². The summed E-state index contributed by atoms with van der Waals surface area (Å²) < 4.78 is 1.73. The second kappa shape index (κ2) is 7.03. The number of rotatable bonds is 4. The van der Waals surface area contributed by atoms with Crippen molar-refractivity contribution in [3.8, 4) is 5.69 Å². The predicted octanol–water partition coefficient (Wildman–Crippen LogP) is 3.53. The Hall–Kier alpha value is -2.73. The zero-order chi connectivity index (χ0) is 18.0. The van der Waals surface area contributed by atoms with Crippen molar-refractivity contribution in [3.05, 3.63) is 69.2 Å². The minimum Gasteiger partial charge on any atom is -0.339 e. The van der Waals surface area contributed by atoms with E-state index in [1.165, 1.54) is 4.57 Å². The molecule has 0 saturated carbocycles. The lowest BCUT2D eigenvalue weighted by atomic mass is 10.1. The highest BCUT2D eigenvalue weighted by atomic mass is 32.1. The van der Waals surface area contributed by atoms with Gasteiger partial charge in [-0.3, -0.25) is 14.2 Å². The summed E-state index contributed by atoms with van der Waals surface area (Å²) in [6.45, 7) is 5.15. The molecule has 0 bridgehead atoms. The average Bonchev–Trinajstić information content (AvgIpc) is 2.63. The van der Waals surface area contributed by atoms with E-state index in [2.05, 4.69) is 4.98 Å². The van der Waals surface area contributed by atoms with E-state index in [1.54, 1.807) is 35.2 Å². The highest BCUT2D eigenvalue weighted by molar-refractivity contribution is 7.71. The van der Waals surface area contributed by atoms with Crippen LogP contribution in [0.1, 0.15) is 24.2 Å². The molecule has 0 atom stereocenters. The van der Waals surface area contributed by atoms with Crippen molar-refractivity contribution in [1.29, 1.82) is 0 Å². The molecule has 0 radical (unpaired) electrons. The molecule has 128 valence electrons. The van der Waals surface area contributed by atoms with Crippen LogP contribution in [0.15, 0.2) is 53.3 Å². The molecule has 0 aliphatic carbocycles. The van der Waals surface area contributed by atoms with Crippen molar-refractivity contribution >= 4 is 29.0 Å². The van der Waals surface area contributed by atoms with Crippen LogP contribution in [0.3, 0.4) is 0 Å². The number of fused-ring (bicyclic) bond motifs is 1. The lowest BCUT2D eigenvalue weighted by Gasteiger charge is -2.19. The lowest BCUT2D eigenvalue weighted by Crippen LogP contribution is -2.30. The summed E-state index contributed by atoms with van der Waals surface area (Å²) >= 11 is 5.37. The highest BCUT2D eigenvalue weighted by Gasteiger charge is 2.14. The summed E-state index contributed by atoms with van der Waals surface area (Å²) in [4.78, 5) is 30.2. The van der Waals surface area contributed by atoms with Crippen molar-refractivity contribution in [1.82, 2.24) is 14.5 Å². The molecule has 0 aliphatic heterocycles. The Bertz CT molecular complexity index is 1050. The summed E-state index contributed by atoms with van der Waals surface area (Å²) in [6, 6.07) is 14.2. The number of carbonyl (C=O) groups excluding carboxylic acids is 1. The number of aromatic amines is 1. The fourth-order valence-corrected chi connectivity index (χ4v) is 3.17. The number of aromatic nitrogens is 2. The molecule has 1 aromatic heterocycles. The normalized spacial score (nSPS) is 10.8. The Morgan fingerprint density at radius 1 is 1.12 bits per heavy atom. The van der Waals surface area contributed by atoms with Gasteiger partial charge in [0.15, 0.2) is 4.77 Å². The quantitative estimate of drug-likeness (QED) is 0.730. The molecule has 3 aromatic rings. The monoisotopic (exact) mass is 353 g/mol. The molecule has 1 N–H and O–H groups in total. The third-order valence-electron chi connectivity index (χ3n) is 4.21. The van der Waals surface area contributed by atoms with Crippen molar-refractivity contribution in [2.75, 3.05) is 13.1 Å². The van der Waals surface area contributed by atoms with E-state index < -0.39 is 0 Å². The average molecular weight is 353 g/mol. The van der Waals surface area contributed by atoms with E-state index in [4.69, 9.17) is 12.2 Å². The van der Waals surface area contributed by atoms with Crippen LogP contribution in [0, 0.1) is 4.77 Å². The third kappa shape index (κ3) is 3.13. The molecule has 0 saturated heterocycles. The Balaban J connectivity index is 2.17. The van der Waals surface area contributed by atoms with Gasteiger partial charge in [0.05, 0.1) is 16.6 Å². The zero-order valence-corrected chi connectivity index (χ0v) is 15.0. The van der Waals surface area contributed by atoms with Crippen LogP contribution in [0.2, 0.25) is 0 Å². The molecule has 0 fully saturated rings. The van der Waals surface area contributed by atoms with Crippen molar-refractivity contribution in [3.63, 3.8) is 0 Å². The van der Waals surface area contributed by atoms with Gasteiger partial charge in [0.1, 0.15) is 0 Å². The Labute approximate surface area is 150 Å². The van der Waals surface area contributed by atoms with E-state index in [9.17, 15) is 9.59 Å². The van der Waals surface area contributed by atoms with E-state index in [0.717, 1.165) is 0 Å². The fourth-order valence-electron chi connectivity index (χ4n) is 2.87. The van der Waals surface area contributed by atoms with Crippen LogP contribution in [0.25, 0.3) is 16.6 Å². The molecule has 3 rings (SSSR count). The topological polar surface area (TPSA) is 58.1 Å². The molecular weight excluding hydrogens is 334 g/mol. The molecule has 0 aliphatic rings. The van der Waals surface area contributed by atoms with E-state index in [-0.39, 0.29) is 11.5 Å². The van der Waals surface area contributed by atoms with Gasteiger partial charge < -0.3 is 9.88 Å². The van der Waals surface area contributed by atoms with Crippen LogP contribution in [-0.4, -0.2) is 33.4 Å². The third-order valence-corrected chi connectivity index (χ3v) is 4.49. The van der Waals surface area contributed by atoms with Crippen LogP contribution in [0.4, 0.5) is 0 Å². The SMILES string of the molecule is CCN(CC)C(=O)c1cccc(-n2c(=S)[nH]c3ccccc3c2=O)c1. The summed E-state index contributed by atoms with van der Waals surface area (Å²) in [7, 11) is 0. The summed E-state index contributed by atoms with van der Waals surface area (Å²) in [6.07, 6.45) is 0. The van der Waals surface area contributed by atoms with Gasteiger partial charge in [-0.15, -0.1) is 0 Å². The molecule has 25 heavy (non-hydrogen) atoms. The highest BCUT2D eigenvalue weighted by Crippen LogP contribution is 2.14. The van der Waals surface area contributed by atoms with Gasteiger partial charge in [0.25, 0.3) is 11.5 Å². The Morgan fingerprint density at radius 2 is 1.84 bits per heavy atom. The molecule has 6 heteroatoms. The van der Waals surface area contributed by atoms with Gasteiger partial charge in [-0.25, -0.2) is 0 Å². The first kappa shape index (κ1) is 17.1. The summed E-state index contributed by atoms with van der Waals surface area (Å²) in [5.74, 6) is -0.0596. The number of para-hydroxylation sites is 1. The van der Waals surface area contributed by atoms with Gasteiger partial charge in [-0.2, -0.15) is 0 Å². The minimum atomic E-state index is -0.202. The predicted molar refractivity (Wildman–Crippen MR) is 102 cm³/mol. The number of nitrogens with zero attached hydrogens (tertiary/aromatic N) is 2. The van der Waals surface area contributed by atoms with Crippen LogP contribution in [0.5, 0.6) is 0 Å². The number of hydrogen-bond acceptors (Lipinski definition) is 3. The molecule has 1 heterocycles. The number of carbonyl (C=O) groups is 1. The number of H-pyrrole nitrogens is 1. The van der Waals surface area contributed by atoms with Crippen LogP contribution >= 0.6 is 12.2 Å². The van der Waals surface area contributed by atoms with E-state index in [1.807, 2.05) is 32.0 Å². The smallest absolute Gasteiger partial charge is 0.266 e. The maximum absolute atomic E-state index is 12.9. The van der Waals surface area contributed by atoms with Crippen LogP contribution < -0.4 is 5.56 Å². The molecule has 5 nitrogen and oxygen atoms in total. The van der Waals surface area contributed by atoms with E-state index >= 15 is 0 Å². The molecule has 1 amide bonds.